The van der Waals surface area contributed by atoms with E-state index in [1.165, 1.54) is 0 Å². The highest BCUT2D eigenvalue weighted by molar-refractivity contribution is 5.84. The molecule has 0 aliphatic rings. The normalized spacial score (nSPS) is 12.0. The van der Waals surface area contributed by atoms with Crippen LogP contribution in [0.1, 0.15) is 23.6 Å². The van der Waals surface area contributed by atoms with Crippen molar-refractivity contribution in [2.24, 2.45) is 5.10 Å². The Balaban J connectivity index is 1.90. The van der Waals surface area contributed by atoms with Crippen molar-refractivity contribution in [3.63, 3.8) is 0 Å². The lowest BCUT2D eigenvalue weighted by molar-refractivity contribution is -0.127. The standard InChI is InChI=1S/C20H25N3O2/c1-14-10-15(2)12-19(11-14)25-16(3)20(24)22-21-13-17-6-8-18(9-7-17)23(4)5/h6-13,16H,1-5H3,(H,22,24)/b21-13-/t16-/m1/s1. The predicted octanol–water partition coefficient (Wildman–Crippen LogP) is 3.29. The van der Waals surface area contributed by atoms with Gasteiger partial charge in [0.2, 0.25) is 0 Å². The SMILES string of the molecule is Cc1cc(C)cc(O[C@H](C)C(=O)N/N=C\c2ccc(N(C)C)cc2)c1. The molecule has 0 aliphatic heterocycles. The van der Waals surface area contributed by atoms with Gasteiger partial charge in [-0.05, 0) is 61.7 Å². The summed E-state index contributed by atoms with van der Waals surface area (Å²) < 4.78 is 5.69. The second-order valence-corrected chi connectivity index (χ2v) is 6.30. The molecular weight excluding hydrogens is 314 g/mol. The number of aryl methyl sites for hydroxylation is 2. The molecule has 25 heavy (non-hydrogen) atoms. The molecule has 2 rings (SSSR count). The molecule has 0 heterocycles. The number of nitrogens with zero attached hydrogens (tertiary/aromatic N) is 2. The Morgan fingerprint density at radius 3 is 2.28 bits per heavy atom. The number of benzene rings is 2. The lowest BCUT2D eigenvalue weighted by Gasteiger charge is -2.14. The first-order valence-corrected chi connectivity index (χ1v) is 8.20. The van der Waals surface area contributed by atoms with Crippen LogP contribution in [0.2, 0.25) is 0 Å². The van der Waals surface area contributed by atoms with Crippen LogP contribution >= 0.6 is 0 Å². The first-order valence-electron chi connectivity index (χ1n) is 8.20. The van der Waals surface area contributed by atoms with E-state index >= 15 is 0 Å². The highest BCUT2D eigenvalue weighted by Crippen LogP contribution is 2.17. The van der Waals surface area contributed by atoms with Gasteiger partial charge in [0.25, 0.3) is 5.91 Å². The van der Waals surface area contributed by atoms with E-state index in [-0.39, 0.29) is 5.91 Å². The molecule has 1 atom stereocenters. The summed E-state index contributed by atoms with van der Waals surface area (Å²) in [6.07, 6.45) is 0.982. The van der Waals surface area contributed by atoms with Gasteiger partial charge in [-0.2, -0.15) is 5.10 Å². The number of hydrogen-bond donors (Lipinski definition) is 1. The summed E-state index contributed by atoms with van der Waals surface area (Å²) in [5.41, 5.74) is 6.73. The van der Waals surface area contributed by atoms with Crippen LogP contribution in [-0.4, -0.2) is 32.3 Å². The predicted molar refractivity (Wildman–Crippen MR) is 103 cm³/mol. The molecule has 0 radical (unpaired) electrons. The number of anilines is 1. The zero-order valence-corrected chi connectivity index (χ0v) is 15.4. The zero-order valence-electron chi connectivity index (χ0n) is 15.4. The van der Waals surface area contributed by atoms with E-state index in [0.717, 1.165) is 22.4 Å². The summed E-state index contributed by atoms with van der Waals surface area (Å²) in [7, 11) is 3.97. The molecule has 5 nitrogen and oxygen atoms in total. The summed E-state index contributed by atoms with van der Waals surface area (Å²) in [5, 5.41) is 4.00. The summed E-state index contributed by atoms with van der Waals surface area (Å²) in [6, 6.07) is 13.8. The number of ether oxygens (including phenoxy) is 1. The van der Waals surface area contributed by atoms with Gasteiger partial charge >= 0.3 is 0 Å². The molecule has 0 spiro atoms. The van der Waals surface area contributed by atoms with Crippen molar-refractivity contribution in [2.45, 2.75) is 26.9 Å². The molecule has 0 bridgehead atoms. The maximum Gasteiger partial charge on any atom is 0.280 e. The van der Waals surface area contributed by atoms with Crippen molar-refractivity contribution in [3.8, 4) is 5.75 Å². The maximum atomic E-state index is 12.1. The Kier molecular flexibility index (Phi) is 6.17. The van der Waals surface area contributed by atoms with Gasteiger partial charge in [0.05, 0.1) is 6.21 Å². The topological polar surface area (TPSA) is 53.9 Å². The van der Waals surface area contributed by atoms with Crippen LogP contribution in [0.3, 0.4) is 0 Å². The van der Waals surface area contributed by atoms with Gasteiger partial charge in [-0.1, -0.05) is 18.2 Å². The van der Waals surface area contributed by atoms with Gasteiger partial charge in [-0.25, -0.2) is 5.43 Å². The summed E-state index contributed by atoms with van der Waals surface area (Å²) >= 11 is 0. The van der Waals surface area contributed by atoms with Crippen LogP contribution in [0.4, 0.5) is 5.69 Å². The van der Waals surface area contributed by atoms with E-state index in [0.29, 0.717) is 5.75 Å². The fourth-order valence-corrected chi connectivity index (χ4v) is 2.38. The number of hydrazone groups is 1. The fourth-order valence-electron chi connectivity index (χ4n) is 2.38. The molecule has 1 amide bonds. The molecule has 0 aliphatic carbocycles. The van der Waals surface area contributed by atoms with Crippen molar-refractivity contribution in [1.29, 1.82) is 0 Å². The first-order chi connectivity index (χ1) is 11.8. The van der Waals surface area contributed by atoms with Crippen molar-refractivity contribution in [2.75, 3.05) is 19.0 Å². The van der Waals surface area contributed by atoms with Crippen molar-refractivity contribution >= 4 is 17.8 Å². The van der Waals surface area contributed by atoms with Crippen LogP contribution in [0.5, 0.6) is 5.75 Å². The Morgan fingerprint density at radius 1 is 1.12 bits per heavy atom. The van der Waals surface area contributed by atoms with Crippen LogP contribution in [0.25, 0.3) is 0 Å². The van der Waals surface area contributed by atoms with Gasteiger partial charge in [0.1, 0.15) is 5.75 Å². The molecule has 0 fully saturated rings. The monoisotopic (exact) mass is 339 g/mol. The third-order valence-corrected chi connectivity index (χ3v) is 3.68. The quantitative estimate of drug-likeness (QED) is 0.649. The molecule has 0 saturated heterocycles. The highest BCUT2D eigenvalue weighted by Gasteiger charge is 2.14. The Hall–Kier alpha value is -2.82. The minimum absolute atomic E-state index is 0.291. The lowest BCUT2D eigenvalue weighted by atomic mass is 10.1. The summed E-state index contributed by atoms with van der Waals surface area (Å²) in [4.78, 5) is 14.1. The molecule has 5 heteroatoms. The molecule has 2 aromatic rings. The number of carbonyl (C=O) groups excluding carboxylic acids is 1. The third-order valence-electron chi connectivity index (χ3n) is 3.68. The second-order valence-electron chi connectivity index (χ2n) is 6.30. The van der Waals surface area contributed by atoms with Gasteiger partial charge in [-0.15, -0.1) is 0 Å². The molecule has 2 aromatic carbocycles. The van der Waals surface area contributed by atoms with Crippen molar-refractivity contribution in [1.82, 2.24) is 5.43 Å². The highest BCUT2D eigenvalue weighted by atomic mass is 16.5. The van der Waals surface area contributed by atoms with E-state index < -0.39 is 6.10 Å². The molecule has 132 valence electrons. The summed E-state index contributed by atoms with van der Waals surface area (Å²) in [6.45, 7) is 5.70. The third kappa shape index (κ3) is 5.64. The zero-order chi connectivity index (χ0) is 18.4. The minimum Gasteiger partial charge on any atom is -0.481 e. The molecule has 0 unspecified atom stereocenters. The number of carbonyl (C=O) groups is 1. The van der Waals surface area contributed by atoms with E-state index in [1.807, 2.05) is 69.2 Å². The largest absolute Gasteiger partial charge is 0.481 e. The van der Waals surface area contributed by atoms with Crippen molar-refractivity contribution < 1.29 is 9.53 Å². The summed E-state index contributed by atoms with van der Waals surface area (Å²) in [5.74, 6) is 0.392. The van der Waals surface area contributed by atoms with E-state index in [4.69, 9.17) is 4.74 Å². The van der Waals surface area contributed by atoms with E-state index in [2.05, 4.69) is 16.6 Å². The first kappa shape index (κ1) is 18.5. The average Bonchev–Trinajstić information content (AvgIpc) is 2.54. The van der Waals surface area contributed by atoms with Gasteiger partial charge in [0, 0.05) is 19.8 Å². The molecule has 0 saturated carbocycles. The van der Waals surface area contributed by atoms with E-state index in [1.54, 1.807) is 13.1 Å². The molecular formula is C20H25N3O2. The van der Waals surface area contributed by atoms with Crippen LogP contribution in [0, 0.1) is 13.8 Å². The Morgan fingerprint density at radius 2 is 1.72 bits per heavy atom. The molecule has 1 N–H and O–H groups in total. The average molecular weight is 339 g/mol. The fraction of sp³-hybridized carbons (Fsp3) is 0.300. The Bertz CT molecular complexity index is 732. The number of amides is 1. The minimum atomic E-state index is -0.630. The Labute approximate surface area is 149 Å². The smallest absolute Gasteiger partial charge is 0.280 e. The van der Waals surface area contributed by atoms with Crippen LogP contribution in [0.15, 0.2) is 47.6 Å². The number of nitrogens with one attached hydrogen (secondary N) is 1. The maximum absolute atomic E-state index is 12.1. The van der Waals surface area contributed by atoms with Crippen LogP contribution < -0.4 is 15.1 Å². The number of rotatable bonds is 6. The number of hydrogen-bond acceptors (Lipinski definition) is 4. The van der Waals surface area contributed by atoms with Crippen LogP contribution in [-0.2, 0) is 4.79 Å². The van der Waals surface area contributed by atoms with Gasteiger partial charge in [0.15, 0.2) is 6.10 Å². The van der Waals surface area contributed by atoms with Gasteiger partial charge < -0.3 is 9.64 Å². The lowest BCUT2D eigenvalue weighted by Crippen LogP contribution is -2.33. The second kappa shape index (κ2) is 8.33. The van der Waals surface area contributed by atoms with Crippen molar-refractivity contribution in [3.05, 3.63) is 59.2 Å². The molecule has 0 aromatic heterocycles. The van der Waals surface area contributed by atoms with Gasteiger partial charge in [-0.3, -0.25) is 4.79 Å². The van der Waals surface area contributed by atoms with E-state index in [9.17, 15) is 4.79 Å².